The molecule has 3 heterocycles. The van der Waals surface area contributed by atoms with Gasteiger partial charge < -0.3 is 4.42 Å². The molecule has 5 rings (SSSR count). The zero-order valence-electron chi connectivity index (χ0n) is 16.3. The number of halogens is 1. The number of hydrogen-bond acceptors (Lipinski definition) is 4. The lowest BCUT2D eigenvalue weighted by atomic mass is 9.97. The molecule has 1 atom stereocenters. The van der Waals surface area contributed by atoms with E-state index in [-0.39, 0.29) is 16.8 Å². The second-order valence-electron chi connectivity index (χ2n) is 7.42. The van der Waals surface area contributed by atoms with Gasteiger partial charge in [-0.2, -0.15) is 0 Å². The Morgan fingerprint density at radius 2 is 1.73 bits per heavy atom. The van der Waals surface area contributed by atoms with E-state index in [9.17, 15) is 14.0 Å². The van der Waals surface area contributed by atoms with Crippen LogP contribution in [0.25, 0.3) is 11.0 Å². The maximum Gasteiger partial charge on any atom is 0.296 e. The minimum Gasteiger partial charge on any atom is -0.450 e. The van der Waals surface area contributed by atoms with Crippen LogP contribution in [0.4, 0.5) is 10.2 Å². The Kier molecular flexibility index (Phi) is 4.03. The van der Waals surface area contributed by atoms with Crippen molar-refractivity contribution in [2.45, 2.75) is 19.9 Å². The highest BCUT2D eigenvalue weighted by molar-refractivity contribution is 6.10. The predicted molar refractivity (Wildman–Crippen MR) is 111 cm³/mol. The molecule has 0 bridgehead atoms. The lowest BCUT2D eigenvalue weighted by Gasteiger charge is -2.24. The van der Waals surface area contributed by atoms with Crippen molar-refractivity contribution in [3.8, 4) is 0 Å². The molecule has 1 unspecified atom stereocenters. The minimum atomic E-state index is -0.759. The van der Waals surface area contributed by atoms with Gasteiger partial charge in [0.05, 0.1) is 17.0 Å². The molecule has 4 aromatic rings. The van der Waals surface area contributed by atoms with Crippen molar-refractivity contribution >= 4 is 22.7 Å². The van der Waals surface area contributed by atoms with Crippen LogP contribution in [0.1, 0.15) is 38.9 Å². The van der Waals surface area contributed by atoms with Crippen molar-refractivity contribution in [1.29, 1.82) is 0 Å². The van der Waals surface area contributed by atoms with Gasteiger partial charge >= 0.3 is 0 Å². The molecule has 30 heavy (non-hydrogen) atoms. The molecule has 1 amide bonds. The van der Waals surface area contributed by atoms with Crippen LogP contribution in [0.15, 0.2) is 70.0 Å². The van der Waals surface area contributed by atoms with E-state index < -0.39 is 17.8 Å². The predicted octanol–water partition coefficient (Wildman–Crippen LogP) is 4.69. The molecule has 0 saturated carbocycles. The molecule has 5 nitrogen and oxygen atoms in total. The molecular weight excluding hydrogens is 383 g/mol. The van der Waals surface area contributed by atoms with Crippen LogP contribution in [0.3, 0.4) is 0 Å². The van der Waals surface area contributed by atoms with Crippen LogP contribution in [-0.2, 0) is 0 Å². The van der Waals surface area contributed by atoms with Gasteiger partial charge in [0.1, 0.15) is 17.2 Å². The second kappa shape index (κ2) is 6.62. The SMILES string of the molecule is Cc1cc2oc3c(c(=O)c2cc1C)C(c1ccc(F)cc1)N(c1ccccn1)C3=O. The van der Waals surface area contributed by atoms with Gasteiger partial charge in [-0.3, -0.25) is 14.5 Å². The van der Waals surface area contributed by atoms with E-state index in [2.05, 4.69) is 4.98 Å². The molecule has 1 aliphatic heterocycles. The van der Waals surface area contributed by atoms with Crippen LogP contribution < -0.4 is 10.3 Å². The van der Waals surface area contributed by atoms with E-state index in [4.69, 9.17) is 4.42 Å². The number of amides is 1. The van der Waals surface area contributed by atoms with Crippen LogP contribution in [0, 0.1) is 19.7 Å². The summed E-state index contributed by atoms with van der Waals surface area (Å²) in [6.45, 7) is 3.84. The Morgan fingerprint density at radius 1 is 1.00 bits per heavy atom. The van der Waals surface area contributed by atoms with Crippen LogP contribution in [0.5, 0.6) is 0 Å². The molecule has 0 saturated heterocycles. The van der Waals surface area contributed by atoms with Crippen LogP contribution in [-0.4, -0.2) is 10.9 Å². The van der Waals surface area contributed by atoms with E-state index in [0.717, 1.165) is 11.1 Å². The van der Waals surface area contributed by atoms with E-state index in [1.807, 2.05) is 13.8 Å². The number of aryl methyl sites for hydroxylation is 2. The Labute approximate surface area is 171 Å². The summed E-state index contributed by atoms with van der Waals surface area (Å²) in [6, 6.07) is 13.8. The molecular formula is C24H17FN2O3. The van der Waals surface area contributed by atoms with Gasteiger partial charge in [0, 0.05) is 6.20 Å². The molecule has 6 heteroatoms. The lowest BCUT2D eigenvalue weighted by Crippen LogP contribution is -2.30. The van der Waals surface area contributed by atoms with E-state index in [0.29, 0.717) is 22.4 Å². The molecule has 0 fully saturated rings. The quantitative estimate of drug-likeness (QED) is 0.490. The number of carbonyl (C=O) groups excluding carboxylic acids is 1. The normalized spacial score (nSPS) is 15.6. The van der Waals surface area contributed by atoms with Crippen LogP contribution >= 0.6 is 0 Å². The number of benzene rings is 2. The number of aromatic nitrogens is 1. The maximum absolute atomic E-state index is 13.6. The summed E-state index contributed by atoms with van der Waals surface area (Å²) in [5.74, 6) is -0.464. The first kappa shape index (κ1) is 18.2. The van der Waals surface area contributed by atoms with Crippen molar-refractivity contribution in [3.63, 3.8) is 0 Å². The molecule has 0 radical (unpaired) electrons. The van der Waals surface area contributed by atoms with Crippen molar-refractivity contribution in [1.82, 2.24) is 4.98 Å². The Bertz CT molecular complexity index is 1360. The molecule has 1 aliphatic rings. The highest BCUT2D eigenvalue weighted by atomic mass is 19.1. The van der Waals surface area contributed by atoms with Gasteiger partial charge in [-0.15, -0.1) is 0 Å². The van der Waals surface area contributed by atoms with Gasteiger partial charge in [0.2, 0.25) is 5.76 Å². The number of nitrogens with zero attached hydrogens (tertiary/aromatic N) is 2. The van der Waals surface area contributed by atoms with E-state index >= 15 is 0 Å². The van der Waals surface area contributed by atoms with Crippen molar-refractivity contribution in [3.05, 3.63) is 105 Å². The topological polar surface area (TPSA) is 63.4 Å². The smallest absolute Gasteiger partial charge is 0.296 e. The Balaban J connectivity index is 1.83. The van der Waals surface area contributed by atoms with E-state index in [1.165, 1.54) is 17.0 Å². The van der Waals surface area contributed by atoms with Gasteiger partial charge in [0.25, 0.3) is 5.91 Å². The summed E-state index contributed by atoms with van der Waals surface area (Å²) in [7, 11) is 0. The van der Waals surface area contributed by atoms with E-state index in [1.54, 1.807) is 48.7 Å². The Morgan fingerprint density at radius 3 is 2.43 bits per heavy atom. The molecule has 148 valence electrons. The molecule has 0 aliphatic carbocycles. The number of rotatable bonds is 2. The number of carbonyl (C=O) groups is 1. The number of anilines is 1. The maximum atomic E-state index is 13.6. The monoisotopic (exact) mass is 400 g/mol. The standard InChI is InChI=1S/C24H17FN2O3/c1-13-11-17-18(12-14(13)2)30-23-20(22(17)28)21(15-6-8-16(25)9-7-15)27(24(23)29)19-5-3-4-10-26-19/h3-12,21H,1-2H3. The number of hydrogen-bond donors (Lipinski definition) is 0. The first-order valence-electron chi connectivity index (χ1n) is 9.53. The second-order valence-corrected chi connectivity index (χ2v) is 7.42. The summed E-state index contributed by atoms with van der Waals surface area (Å²) in [5, 5.41) is 0.416. The zero-order chi connectivity index (χ0) is 21.0. The summed E-state index contributed by atoms with van der Waals surface area (Å²) in [4.78, 5) is 32.6. The fraction of sp³-hybridized carbons (Fsp3) is 0.125. The zero-order valence-corrected chi connectivity index (χ0v) is 16.3. The van der Waals surface area contributed by atoms with Crippen molar-refractivity contribution in [2.24, 2.45) is 0 Å². The van der Waals surface area contributed by atoms with Gasteiger partial charge in [-0.05, 0) is 66.9 Å². The average Bonchev–Trinajstić information content (AvgIpc) is 3.04. The first-order valence-corrected chi connectivity index (χ1v) is 9.53. The third-order valence-electron chi connectivity index (χ3n) is 5.57. The van der Waals surface area contributed by atoms with Crippen molar-refractivity contribution in [2.75, 3.05) is 4.90 Å². The fourth-order valence-electron chi connectivity index (χ4n) is 3.92. The van der Waals surface area contributed by atoms with Gasteiger partial charge in [-0.25, -0.2) is 9.37 Å². The summed E-state index contributed by atoms with van der Waals surface area (Å²) in [5.41, 5.74) is 2.87. The van der Waals surface area contributed by atoms with Crippen molar-refractivity contribution < 1.29 is 13.6 Å². The summed E-state index contributed by atoms with van der Waals surface area (Å²) < 4.78 is 19.5. The lowest BCUT2D eigenvalue weighted by molar-refractivity contribution is 0.0970. The molecule has 2 aromatic carbocycles. The first-order chi connectivity index (χ1) is 14.5. The summed E-state index contributed by atoms with van der Waals surface area (Å²) in [6.07, 6.45) is 1.58. The minimum absolute atomic E-state index is 0.00395. The molecule has 0 spiro atoms. The number of fused-ring (bicyclic) bond motifs is 2. The molecule has 0 N–H and O–H groups in total. The number of pyridine rings is 1. The Hall–Kier alpha value is -3.80. The highest BCUT2D eigenvalue weighted by Crippen LogP contribution is 2.40. The highest BCUT2D eigenvalue weighted by Gasteiger charge is 2.44. The largest absolute Gasteiger partial charge is 0.450 e. The molecule has 2 aromatic heterocycles. The van der Waals surface area contributed by atoms with Crippen LogP contribution in [0.2, 0.25) is 0 Å². The third-order valence-corrected chi connectivity index (χ3v) is 5.57. The van der Waals surface area contributed by atoms with Gasteiger partial charge in [0.15, 0.2) is 5.43 Å². The fourth-order valence-corrected chi connectivity index (χ4v) is 3.92. The average molecular weight is 400 g/mol. The van der Waals surface area contributed by atoms with Gasteiger partial charge in [-0.1, -0.05) is 18.2 Å². The third kappa shape index (κ3) is 2.64. The summed E-state index contributed by atoms with van der Waals surface area (Å²) >= 11 is 0.